The molecular formula is C4H4NO3Y-. The molecule has 1 heterocycles. The Balaban J connectivity index is 0.000000810. The number of carbonyl (C=O) groups excluding carboxylic acids is 2. The maximum absolute atomic E-state index is 10.4. The van der Waals surface area contributed by atoms with Crippen LogP contribution in [0.4, 0.5) is 0 Å². The Kier molecular flexibility index (Phi) is 2.63. The second kappa shape index (κ2) is 3.29. The Morgan fingerprint density at radius 2 is 2.33 bits per heavy atom. The Morgan fingerprint density at radius 3 is 2.44 bits per heavy atom. The zero-order valence-electron chi connectivity index (χ0n) is 5.44. The average molecular weight is 205 g/mol. The van der Waals surface area contributed by atoms with Gasteiger partial charge < -0.3 is 4.79 Å². The van der Waals surface area contributed by atoms with Crippen molar-refractivity contribution in [3.8, 4) is 0 Å². The van der Waals surface area contributed by atoms with E-state index in [-0.39, 0.29) is 37.8 Å². The minimum absolute atomic E-state index is 0. The van der Waals surface area contributed by atoms with E-state index in [2.05, 4.69) is 0 Å². The van der Waals surface area contributed by atoms with Crippen LogP contribution in [0.2, 0.25) is 0 Å². The largest absolute Gasteiger partial charge is 0.308 e. The predicted octanol–water partition coefficient (Wildman–Crippen LogP) is -0.664. The summed E-state index contributed by atoms with van der Waals surface area (Å²) in [5.74, 6) is -1.71. The van der Waals surface area contributed by atoms with Crippen LogP contribution in [-0.4, -0.2) is 22.1 Å². The summed E-state index contributed by atoms with van der Waals surface area (Å²) in [5, 5.41) is 8.36. The van der Waals surface area contributed by atoms with E-state index in [1.54, 1.807) is 0 Å². The Labute approximate surface area is 78.4 Å². The first-order valence-electron chi connectivity index (χ1n) is 2.54. The van der Waals surface area contributed by atoms with Gasteiger partial charge in [0.15, 0.2) is 0 Å². The maximum atomic E-state index is 10.4. The Morgan fingerprint density at radius 1 is 1.78 bits per heavy atom. The number of imide groups is 1. The van der Waals surface area contributed by atoms with Gasteiger partial charge in [0.25, 0.3) is 0 Å². The van der Waals surface area contributed by atoms with Crippen LogP contribution in [-0.2, 0) is 42.3 Å². The molecule has 0 aromatic carbocycles. The molecular weight excluding hydrogens is 199 g/mol. The van der Waals surface area contributed by atoms with Crippen molar-refractivity contribution >= 4 is 11.8 Å². The first-order valence-corrected chi connectivity index (χ1v) is 1.97. The molecule has 9 heavy (non-hydrogen) atoms. The second-order valence-corrected chi connectivity index (χ2v) is 1.32. The van der Waals surface area contributed by atoms with E-state index in [1.807, 2.05) is 0 Å². The Hall–Kier alpha value is 0.0739. The van der Waals surface area contributed by atoms with Crippen LogP contribution in [0.25, 0.3) is 0 Å². The van der Waals surface area contributed by atoms with E-state index in [0.717, 1.165) is 6.42 Å². The van der Waals surface area contributed by atoms with Gasteiger partial charge in [-0.05, 0) is 0 Å². The van der Waals surface area contributed by atoms with Crippen molar-refractivity contribution in [2.75, 3.05) is 0 Å². The molecule has 1 saturated heterocycles. The van der Waals surface area contributed by atoms with Gasteiger partial charge in [0, 0.05) is 34.1 Å². The average Bonchev–Trinajstić information content (AvgIpc) is 1.98. The van der Waals surface area contributed by atoms with Crippen LogP contribution in [0.15, 0.2) is 0 Å². The minimum Gasteiger partial charge on any atom is -0.308 e. The van der Waals surface area contributed by atoms with Crippen molar-refractivity contribution in [1.29, 1.82) is 0 Å². The monoisotopic (exact) mass is 205 g/mol. The van der Waals surface area contributed by atoms with Gasteiger partial charge in [-0.1, -0.05) is 6.40 Å². The molecule has 0 spiro atoms. The van der Waals surface area contributed by atoms with Gasteiger partial charge in [0.2, 0.25) is 5.91 Å². The van der Waals surface area contributed by atoms with Crippen molar-refractivity contribution in [3.63, 3.8) is 0 Å². The van der Waals surface area contributed by atoms with E-state index < -0.39 is 18.2 Å². The molecule has 1 atom stereocenters. The normalized spacial score (nSPS) is 27.0. The second-order valence-electron chi connectivity index (χ2n) is 1.32. The zero-order chi connectivity index (χ0) is 7.02. The third-order valence-corrected chi connectivity index (χ3v) is 0.786. The van der Waals surface area contributed by atoms with Gasteiger partial charge in [-0.25, -0.2) is 0 Å². The van der Waals surface area contributed by atoms with E-state index in [1.165, 1.54) is 0 Å². The van der Waals surface area contributed by atoms with E-state index >= 15 is 0 Å². The number of hydroxylamine groups is 2. The molecule has 5 heteroatoms. The molecule has 1 fully saturated rings. The molecule has 4 nitrogen and oxygen atoms in total. The quantitative estimate of drug-likeness (QED) is 0.324. The molecule has 1 unspecified atom stereocenters. The first-order chi connectivity index (χ1) is 4.13. The Bertz CT molecular complexity index is 174. The van der Waals surface area contributed by atoms with Gasteiger partial charge >= 0.3 is 0 Å². The molecule has 0 aliphatic carbocycles. The summed E-state index contributed by atoms with van der Waals surface area (Å²) in [7, 11) is 0. The van der Waals surface area contributed by atoms with Crippen LogP contribution < -0.4 is 0 Å². The minimum atomic E-state index is -1.22. The summed E-state index contributed by atoms with van der Waals surface area (Å²) in [4.78, 5) is 20.6. The summed E-state index contributed by atoms with van der Waals surface area (Å²) >= 11 is 0. The van der Waals surface area contributed by atoms with Gasteiger partial charge in [-0.2, -0.15) is 5.06 Å². The summed E-state index contributed by atoms with van der Waals surface area (Å²) in [6.45, 7) is 0. The molecule has 2 amide bonds. The fraction of sp³-hybridized carbons (Fsp3) is 0.250. The first kappa shape index (κ1) is 7.18. The molecule has 0 aromatic rings. The summed E-state index contributed by atoms with van der Waals surface area (Å²) in [6.07, 6.45) is -0.384. The zero-order valence-corrected chi connectivity index (χ0v) is 7.28. The molecule has 47 valence electrons. The molecule has 0 bridgehead atoms. The summed E-state index contributed by atoms with van der Waals surface area (Å²) < 4.78 is 6.77. The molecule has 1 aliphatic rings. The fourth-order valence-electron chi connectivity index (χ4n) is 0.392. The van der Waals surface area contributed by atoms with Crippen LogP contribution >= 0.6 is 0 Å². The van der Waals surface area contributed by atoms with Crippen LogP contribution in [0.1, 0.15) is 7.77 Å². The van der Waals surface area contributed by atoms with E-state index in [4.69, 9.17) is 6.58 Å². The number of amides is 2. The predicted molar refractivity (Wildman–Crippen MR) is 22.6 cm³/mol. The topological polar surface area (TPSA) is 57.6 Å². The van der Waals surface area contributed by atoms with Crippen molar-refractivity contribution in [2.45, 2.75) is 6.40 Å². The molecule has 1 rings (SSSR count). The number of carbonyl (C=O) groups is 2. The number of nitrogens with zero attached hydrogens (tertiary/aromatic N) is 1. The van der Waals surface area contributed by atoms with Crippen LogP contribution in [0.5, 0.6) is 0 Å². The van der Waals surface area contributed by atoms with Crippen molar-refractivity contribution in [3.05, 3.63) is 6.42 Å². The van der Waals surface area contributed by atoms with Crippen molar-refractivity contribution in [2.24, 2.45) is 0 Å². The van der Waals surface area contributed by atoms with Crippen LogP contribution in [0.3, 0.4) is 0 Å². The maximum Gasteiger partial charge on any atom is 0.223 e. The van der Waals surface area contributed by atoms with Gasteiger partial charge in [0.05, 0.1) is 0 Å². The third kappa shape index (κ3) is 1.74. The van der Waals surface area contributed by atoms with Crippen LogP contribution in [0, 0.1) is 6.42 Å². The smallest absolute Gasteiger partial charge is 0.223 e. The number of hydrogen-bond acceptors (Lipinski definition) is 3. The molecule has 1 aliphatic heterocycles. The summed E-state index contributed by atoms with van der Waals surface area (Å²) in [5.41, 5.74) is 0. The fourth-order valence-corrected chi connectivity index (χ4v) is 0.392. The summed E-state index contributed by atoms with van der Waals surface area (Å²) in [6, 6.07) is 0. The van der Waals surface area contributed by atoms with Crippen molar-refractivity contribution in [1.82, 2.24) is 5.06 Å². The van der Waals surface area contributed by atoms with Gasteiger partial charge in [0.1, 0.15) is 5.91 Å². The van der Waals surface area contributed by atoms with Crippen molar-refractivity contribution < 1.29 is 48.9 Å². The number of hydrogen-bond donors (Lipinski definition) is 1. The molecule has 0 aromatic heterocycles. The molecule has 1 N–H and O–H groups in total. The number of rotatable bonds is 0. The van der Waals surface area contributed by atoms with Gasteiger partial charge in [-0.15, -0.1) is 0 Å². The molecule has 0 saturated carbocycles. The van der Waals surface area contributed by atoms with Gasteiger partial charge in [-0.3, -0.25) is 16.4 Å². The van der Waals surface area contributed by atoms with E-state index in [9.17, 15) is 9.59 Å². The third-order valence-electron chi connectivity index (χ3n) is 0.786. The SMILES string of the molecule is [3H]C1[CH-]C(=O)N(O)C1=O.[Y]. The standard InChI is InChI=1S/C4H4NO3.Y/c6-3-1-2-4(7)5(3)8;/h1,8H,2H2;/q-1;/i2T;. The van der Waals surface area contributed by atoms with E-state index in [0.29, 0.717) is 0 Å². The molecule has 1 radical (unpaired) electrons.